The minimum absolute atomic E-state index is 1.03. The Hall–Kier alpha value is -0.860. The first-order chi connectivity index (χ1) is 7.58. The summed E-state index contributed by atoms with van der Waals surface area (Å²) in [4.78, 5) is 4.43. The van der Waals surface area contributed by atoms with E-state index >= 15 is 0 Å². The molecular formula is C14H24N2. The van der Waals surface area contributed by atoms with Crippen molar-refractivity contribution >= 4 is 0 Å². The summed E-state index contributed by atoms with van der Waals surface area (Å²) in [5, 5.41) is 0. The highest BCUT2D eigenvalue weighted by molar-refractivity contribution is 5.22. The van der Waals surface area contributed by atoms with Crippen LogP contribution >= 0.6 is 0 Å². The molecule has 1 aromatic rings. The second-order valence-corrected chi connectivity index (χ2v) is 4.96. The highest BCUT2D eigenvalue weighted by atomic mass is 15.0. The zero-order valence-corrected chi connectivity index (χ0v) is 11.0. The molecule has 0 aromatic heterocycles. The van der Waals surface area contributed by atoms with Crippen LogP contribution in [0.25, 0.3) is 0 Å². The van der Waals surface area contributed by atoms with Gasteiger partial charge < -0.3 is 9.80 Å². The summed E-state index contributed by atoms with van der Waals surface area (Å²) in [6.07, 6.45) is 2.42. The molecular weight excluding hydrogens is 196 g/mol. The van der Waals surface area contributed by atoms with Crippen molar-refractivity contribution in [2.45, 2.75) is 19.4 Å². The maximum Gasteiger partial charge on any atom is 0.0227 e. The standard InChI is InChI=1S/C14H24N2/c1-15(2)11-5-6-13-7-9-14(10-8-13)12-16(3)4/h7-10H,5-6,11-12H2,1-4H3. The lowest BCUT2D eigenvalue weighted by atomic mass is 10.1. The third-order valence-electron chi connectivity index (χ3n) is 2.59. The Kier molecular flexibility index (Phi) is 5.50. The smallest absolute Gasteiger partial charge is 0.0227 e. The molecule has 0 saturated carbocycles. The highest BCUT2D eigenvalue weighted by Crippen LogP contribution is 2.08. The van der Waals surface area contributed by atoms with Gasteiger partial charge in [0.1, 0.15) is 0 Å². The van der Waals surface area contributed by atoms with Crippen molar-refractivity contribution in [3.05, 3.63) is 35.4 Å². The monoisotopic (exact) mass is 220 g/mol. The van der Waals surface area contributed by atoms with Gasteiger partial charge in [-0.15, -0.1) is 0 Å². The van der Waals surface area contributed by atoms with Crippen molar-refractivity contribution in [1.29, 1.82) is 0 Å². The zero-order chi connectivity index (χ0) is 12.0. The van der Waals surface area contributed by atoms with Crippen LogP contribution in [-0.2, 0) is 13.0 Å². The van der Waals surface area contributed by atoms with Crippen molar-refractivity contribution in [2.75, 3.05) is 34.7 Å². The van der Waals surface area contributed by atoms with E-state index in [0.717, 1.165) is 6.54 Å². The molecule has 0 atom stereocenters. The van der Waals surface area contributed by atoms with Gasteiger partial charge in [0, 0.05) is 6.54 Å². The van der Waals surface area contributed by atoms with Gasteiger partial charge in [-0.25, -0.2) is 0 Å². The van der Waals surface area contributed by atoms with Gasteiger partial charge in [-0.1, -0.05) is 24.3 Å². The molecule has 90 valence electrons. The number of hydrogen-bond acceptors (Lipinski definition) is 2. The Morgan fingerprint density at radius 2 is 1.38 bits per heavy atom. The van der Waals surface area contributed by atoms with Crippen molar-refractivity contribution in [3.63, 3.8) is 0 Å². The molecule has 0 unspecified atom stereocenters. The normalized spacial score (nSPS) is 11.4. The van der Waals surface area contributed by atoms with E-state index in [0.29, 0.717) is 0 Å². The van der Waals surface area contributed by atoms with Gasteiger partial charge in [-0.2, -0.15) is 0 Å². The van der Waals surface area contributed by atoms with Gasteiger partial charge >= 0.3 is 0 Å². The minimum Gasteiger partial charge on any atom is -0.309 e. The van der Waals surface area contributed by atoms with E-state index < -0.39 is 0 Å². The molecule has 1 rings (SSSR count). The molecule has 0 heterocycles. The predicted molar refractivity (Wildman–Crippen MR) is 70.7 cm³/mol. The van der Waals surface area contributed by atoms with Crippen LogP contribution in [0.1, 0.15) is 17.5 Å². The molecule has 0 bridgehead atoms. The van der Waals surface area contributed by atoms with E-state index in [-0.39, 0.29) is 0 Å². The Morgan fingerprint density at radius 1 is 0.812 bits per heavy atom. The van der Waals surface area contributed by atoms with E-state index in [1.807, 2.05) is 0 Å². The van der Waals surface area contributed by atoms with Crippen LogP contribution in [0.5, 0.6) is 0 Å². The Labute approximate surface area is 99.9 Å². The third kappa shape index (κ3) is 5.29. The first-order valence-corrected chi connectivity index (χ1v) is 5.95. The van der Waals surface area contributed by atoms with Crippen molar-refractivity contribution in [1.82, 2.24) is 9.80 Å². The SMILES string of the molecule is CN(C)CCCc1ccc(CN(C)C)cc1. The summed E-state index contributed by atoms with van der Waals surface area (Å²) in [6, 6.07) is 9.00. The molecule has 0 saturated heterocycles. The van der Waals surface area contributed by atoms with E-state index in [9.17, 15) is 0 Å². The fourth-order valence-corrected chi connectivity index (χ4v) is 1.78. The van der Waals surface area contributed by atoms with E-state index in [4.69, 9.17) is 0 Å². The van der Waals surface area contributed by atoms with Gasteiger partial charge in [0.25, 0.3) is 0 Å². The van der Waals surface area contributed by atoms with Crippen molar-refractivity contribution in [2.24, 2.45) is 0 Å². The molecule has 0 radical (unpaired) electrons. The second-order valence-electron chi connectivity index (χ2n) is 4.96. The molecule has 0 aliphatic heterocycles. The number of rotatable bonds is 6. The van der Waals surface area contributed by atoms with Gasteiger partial charge in [0.05, 0.1) is 0 Å². The fourth-order valence-electron chi connectivity index (χ4n) is 1.78. The van der Waals surface area contributed by atoms with Gasteiger partial charge in [0.2, 0.25) is 0 Å². The van der Waals surface area contributed by atoms with Crippen LogP contribution in [0, 0.1) is 0 Å². The fraction of sp³-hybridized carbons (Fsp3) is 0.571. The molecule has 0 N–H and O–H groups in total. The molecule has 16 heavy (non-hydrogen) atoms. The average Bonchev–Trinajstić information content (AvgIpc) is 2.19. The zero-order valence-electron chi connectivity index (χ0n) is 11.0. The number of hydrogen-bond donors (Lipinski definition) is 0. The summed E-state index contributed by atoms with van der Waals surface area (Å²) in [5.41, 5.74) is 2.84. The molecule has 2 nitrogen and oxygen atoms in total. The number of nitrogens with zero attached hydrogens (tertiary/aromatic N) is 2. The summed E-state index contributed by atoms with van der Waals surface area (Å²) in [5.74, 6) is 0. The Morgan fingerprint density at radius 3 is 1.88 bits per heavy atom. The van der Waals surface area contributed by atoms with Crippen LogP contribution in [0.3, 0.4) is 0 Å². The summed E-state index contributed by atoms with van der Waals surface area (Å²) in [7, 11) is 8.45. The number of aryl methyl sites for hydroxylation is 1. The summed E-state index contributed by atoms with van der Waals surface area (Å²) >= 11 is 0. The average molecular weight is 220 g/mol. The first-order valence-electron chi connectivity index (χ1n) is 5.95. The lowest BCUT2D eigenvalue weighted by molar-refractivity contribution is 0.399. The highest BCUT2D eigenvalue weighted by Gasteiger charge is 1.97. The molecule has 2 heteroatoms. The third-order valence-corrected chi connectivity index (χ3v) is 2.59. The van der Waals surface area contributed by atoms with Crippen LogP contribution < -0.4 is 0 Å². The topological polar surface area (TPSA) is 6.48 Å². The van der Waals surface area contributed by atoms with Gasteiger partial charge in [0.15, 0.2) is 0 Å². The van der Waals surface area contributed by atoms with Gasteiger partial charge in [-0.05, 0) is 58.7 Å². The van der Waals surface area contributed by atoms with Crippen LogP contribution in [0.2, 0.25) is 0 Å². The van der Waals surface area contributed by atoms with Gasteiger partial charge in [-0.3, -0.25) is 0 Å². The summed E-state index contributed by atoms with van der Waals surface area (Å²) < 4.78 is 0. The lowest BCUT2D eigenvalue weighted by Crippen LogP contribution is -2.13. The molecule has 0 fully saturated rings. The minimum atomic E-state index is 1.03. The quantitative estimate of drug-likeness (QED) is 0.725. The van der Waals surface area contributed by atoms with Crippen molar-refractivity contribution in [3.8, 4) is 0 Å². The Bertz CT molecular complexity index is 288. The summed E-state index contributed by atoms with van der Waals surface area (Å²) in [6.45, 7) is 2.19. The largest absolute Gasteiger partial charge is 0.309 e. The molecule has 0 amide bonds. The van der Waals surface area contributed by atoms with E-state index in [2.05, 4.69) is 62.3 Å². The molecule has 0 spiro atoms. The van der Waals surface area contributed by atoms with Crippen LogP contribution in [0.4, 0.5) is 0 Å². The van der Waals surface area contributed by atoms with E-state index in [1.165, 1.54) is 30.5 Å². The van der Waals surface area contributed by atoms with Crippen molar-refractivity contribution < 1.29 is 0 Å². The second kappa shape index (κ2) is 6.66. The first kappa shape index (κ1) is 13.2. The molecule has 1 aromatic carbocycles. The molecule has 0 aliphatic carbocycles. The Balaban J connectivity index is 2.39. The maximum atomic E-state index is 2.26. The number of benzene rings is 1. The van der Waals surface area contributed by atoms with Crippen LogP contribution in [-0.4, -0.2) is 44.5 Å². The predicted octanol–water partition coefficient (Wildman–Crippen LogP) is 2.24. The lowest BCUT2D eigenvalue weighted by Gasteiger charge is -2.11. The maximum absolute atomic E-state index is 2.26. The van der Waals surface area contributed by atoms with Crippen LogP contribution in [0.15, 0.2) is 24.3 Å². The molecule has 0 aliphatic rings. The van der Waals surface area contributed by atoms with E-state index in [1.54, 1.807) is 0 Å².